The molecule has 7 heteroatoms. The van der Waals surface area contributed by atoms with Crippen molar-refractivity contribution < 1.29 is 24.0 Å². The number of hydrogen-bond donors (Lipinski definition) is 0. The molecule has 1 unspecified atom stereocenters. The van der Waals surface area contributed by atoms with Crippen LogP contribution in [0, 0.1) is 22.0 Å². The Labute approximate surface area is 221 Å². The Morgan fingerprint density at radius 3 is 2.03 bits per heavy atom. The maximum atomic E-state index is 13.5. The summed E-state index contributed by atoms with van der Waals surface area (Å²) in [5.41, 5.74) is 2.24. The number of carbonyl (C=O) groups is 2. The van der Waals surface area contributed by atoms with Gasteiger partial charge < -0.3 is 9.47 Å². The SMILES string of the molecule is COc1ccc(/C=C/C(=O)C2C(=O)C[C@H](c3ccc(OC)cc3)[C@H]([N+](=O)[O-])[C@H]2/C=C/c2ccccc2)cc1. The summed E-state index contributed by atoms with van der Waals surface area (Å²) in [5.74, 6) is -2.22. The van der Waals surface area contributed by atoms with Crippen molar-refractivity contribution in [3.05, 3.63) is 118 Å². The van der Waals surface area contributed by atoms with Crippen LogP contribution >= 0.6 is 0 Å². The van der Waals surface area contributed by atoms with Crippen LogP contribution in [0.2, 0.25) is 0 Å². The van der Waals surface area contributed by atoms with Gasteiger partial charge in [-0.05, 0) is 47.0 Å². The van der Waals surface area contributed by atoms with Crippen LogP contribution in [0.1, 0.15) is 29.0 Å². The molecular formula is C31H29NO6. The second-order valence-electron chi connectivity index (χ2n) is 9.16. The van der Waals surface area contributed by atoms with Gasteiger partial charge in [0, 0.05) is 11.3 Å². The fraction of sp³-hybridized carbons (Fsp3) is 0.226. The number of nitrogens with zero attached hydrogens (tertiary/aromatic N) is 1. The smallest absolute Gasteiger partial charge is 0.227 e. The molecule has 1 aliphatic carbocycles. The highest BCUT2D eigenvalue weighted by atomic mass is 16.6. The molecule has 7 nitrogen and oxygen atoms in total. The van der Waals surface area contributed by atoms with Crippen LogP contribution in [-0.2, 0) is 9.59 Å². The van der Waals surface area contributed by atoms with Crippen LogP contribution in [0.15, 0.2) is 91.0 Å². The zero-order chi connectivity index (χ0) is 27.1. The predicted octanol–water partition coefficient (Wildman–Crippen LogP) is 5.63. The molecule has 1 aliphatic rings. The maximum absolute atomic E-state index is 13.5. The summed E-state index contributed by atoms with van der Waals surface area (Å²) in [4.78, 5) is 39.0. The minimum Gasteiger partial charge on any atom is -0.497 e. The maximum Gasteiger partial charge on any atom is 0.227 e. The van der Waals surface area contributed by atoms with E-state index in [0.29, 0.717) is 17.1 Å². The molecule has 0 aliphatic heterocycles. The van der Waals surface area contributed by atoms with Crippen molar-refractivity contribution in [1.29, 1.82) is 0 Å². The Hall–Kier alpha value is -4.52. The van der Waals surface area contributed by atoms with Gasteiger partial charge in [0.2, 0.25) is 6.04 Å². The molecule has 1 saturated carbocycles. The molecule has 4 atom stereocenters. The predicted molar refractivity (Wildman–Crippen MR) is 146 cm³/mol. The Morgan fingerprint density at radius 2 is 1.45 bits per heavy atom. The molecule has 4 rings (SSSR count). The van der Waals surface area contributed by atoms with Gasteiger partial charge in [-0.15, -0.1) is 0 Å². The van der Waals surface area contributed by atoms with E-state index in [1.165, 1.54) is 6.08 Å². The van der Waals surface area contributed by atoms with E-state index < -0.39 is 29.6 Å². The Balaban J connectivity index is 1.70. The number of methoxy groups -OCH3 is 2. The van der Waals surface area contributed by atoms with Gasteiger partial charge in [0.25, 0.3) is 0 Å². The zero-order valence-electron chi connectivity index (χ0n) is 21.2. The molecule has 0 radical (unpaired) electrons. The van der Waals surface area contributed by atoms with Gasteiger partial charge in [0.05, 0.1) is 32.0 Å². The third kappa shape index (κ3) is 6.06. The largest absolute Gasteiger partial charge is 0.497 e. The molecule has 3 aromatic carbocycles. The average molecular weight is 512 g/mol. The Kier molecular flexibility index (Phi) is 8.48. The third-order valence-electron chi connectivity index (χ3n) is 6.92. The summed E-state index contributed by atoms with van der Waals surface area (Å²) in [6.45, 7) is 0. The van der Waals surface area contributed by atoms with Gasteiger partial charge in [-0.1, -0.05) is 72.8 Å². The number of ether oxygens (including phenoxy) is 2. The lowest BCUT2D eigenvalue weighted by atomic mass is 9.66. The quantitative estimate of drug-likeness (QED) is 0.160. The minimum absolute atomic E-state index is 0.0968. The molecule has 0 N–H and O–H groups in total. The summed E-state index contributed by atoms with van der Waals surface area (Å²) in [6.07, 6.45) is 6.26. The number of rotatable bonds is 9. The lowest BCUT2D eigenvalue weighted by Crippen LogP contribution is -2.48. The molecule has 194 valence electrons. The van der Waals surface area contributed by atoms with Crippen LogP contribution in [0.4, 0.5) is 0 Å². The summed E-state index contributed by atoms with van der Waals surface area (Å²) in [6, 6.07) is 22.2. The molecule has 0 bridgehead atoms. The van der Waals surface area contributed by atoms with E-state index in [-0.39, 0.29) is 17.1 Å². The number of Topliss-reactive ketones (excluding diaryl/α,β-unsaturated/α-hetero) is 1. The van der Waals surface area contributed by atoms with Gasteiger partial charge in [-0.2, -0.15) is 0 Å². The average Bonchev–Trinajstić information content (AvgIpc) is 2.95. The van der Waals surface area contributed by atoms with Gasteiger partial charge in [-0.25, -0.2) is 0 Å². The van der Waals surface area contributed by atoms with Crippen LogP contribution in [-0.4, -0.2) is 36.8 Å². The first kappa shape index (κ1) is 26.5. The molecule has 0 spiro atoms. The Bertz CT molecular complexity index is 1330. The number of nitro groups is 1. The number of allylic oxidation sites excluding steroid dienone is 1. The number of ketones is 2. The molecule has 0 aromatic heterocycles. The van der Waals surface area contributed by atoms with Crippen molar-refractivity contribution in [2.24, 2.45) is 11.8 Å². The lowest BCUT2D eigenvalue weighted by Gasteiger charge is -2.35. The minimum atomic E-state index is -1.16. The van der Waals surface area contributed by atoms with Crippen LogP contribution in [0.25, 0.3) is 12.2 Å². The van der Waals surface area contributed by atoms with Gasteiger partial charge in [0.1, 0.15) is 17.3 Å². The third-order valence-corrected chi connectivity index (χ3v) is 6.92. The van der Waals surface area contributed by atoms with Crippen LogP contribution in [0.5, 0.6) is 11.5 Å². The van der Waals surface area contributed by atoms with E-state index in [9.17, 15) is 19.7 Å². The summed E-state index contributed by atoms with van der Waals surface area (Å²) < 4.78 is 10.4. The first-order valence-corrected chi connectivity index (χ1v) is 12.3. The first-order chi connectivity index (χ1) is 18.4. The second-order valence-corrected chi connectivity index (χ2v) is 9.16. The second kappa shape index (κ2) is 12.1. The molecule has 0 saturated heterocycles. The highest BCUT2D eigenvalue weighted by Gasteiger charge is 2.52. The number of hydrogen-bond acceptors (Lipinski definition) is 6. The van der Waals surface area contributed by atoms with Gasteiger partial charge in [0.15, 0.2) is 5.78 Å². The highest BCUT2D eigenvalue weighted by molar-refractivity contribution is 6.10. The molecule has 0 heterocycles. The van der Waals surface area contributed by atoms with Crippen molar-refractivity contribution in [3.8, 4) is 11.5 Å². The van der Waals surface area contributed by atoms with Crippen molar-refractivity contribution in [2.45, 2.75) is 18.4 Å². The van der Waals surface area contributed by atoms with Gasteiger partial charge in [-0.3, -0.25) is 19.7 Å². The van der Waals surface area contributed by atoms with E-state index in [4.69, 9.17) is 9.47 Å². The first-order valence-electron chi connectivity index (χ1n) is 12.3. The summed E-state index contributed by atoms with van der Waals surface area (Å²) in [5, 5.41) is 12.5. The van der Waals surface area contributed by atoms with Crippen molar-refractivity contribution in [3.63, 3.8) is 0 Å². The fourth-order valence-electron chi connectivity index (χ4n) is 4.95. The van der Waals surface area contributed by atoms with Gasteiger partial charge >= 0.3 is 0 Å². The monoisotopic (exact) mass is 511 g/mol. The number of carbonyl (C=O) groups excluding carboxylic acids is 2. The molecule has 3 aromatic rings. The van der Waals surface area contributed by atoms with E-state index >= 15 is 0 Å². The van der Waals surface area contributed by atoms with Crippen LogP contribution in [0.3, 0.4) is 0 Å². The fourth-order valence-corrected chi connectivity index (χ4v) is 4.95. The topological polar surface area (TPSA) is 95.7 Å². The molecule has 0 amide bonds. The number of benzene rings is 3. The highest BCUT2D eigenvalue weighted by Crippen LogP contribution is 2.41. The van der Waals surface area contributed by atoms with E-state index in [1.54, 1.807) is 81.0 Å². The van der Waals surface area contributed by atoms with Crippen molar-refractivity contribution in [1.82, 2.24) is 0 Å². The molecular weight excluding hydrogens is 482 g/mol. The van der Waals surface area contributed by atoms with E-state index in [0.717, 1.165) is 11.1 Å². The lowest BCUT2D eigenvalue weighted by molar-refractivity contribution is -0.536. The molecule has 1 fully saturated rings. The summed E-state index contributed by atoms with van der Waals surface area (Å²) >= 11 is 0. The van der Waals surface area contributed by atoms with E-state index in [1.807, 2.05) is 30.3 Å². The van der Waals surface area contributed by atoms with Crippen LogP contribution < -0.4 is 9.47 Å². The van der Waals surface area contributed by atoms with E-state index in [2.05, 4.69) is 0 Å². The summed E-state index contributed by atoms with van der Waals surface area (Å²) in [7, 11) is 3.11. The van der Waals surface area contributed by atoms with Crippen molar-refractivity contribution >= 4 is 23.7 Å². The standard InChI is InChI=1S/C31H29NO6/c1-37-24-14-8-22(9-15-24)11-19-28(33)30-26(18-10-21-6-4-3-5-7-21)31(32(35)36)27(20-29(30)34)23-12-16-25(38-2)17-13-23/h3-19,26-27,30-31H,20H2,1-2H3/b18-10+,19-11+/t26-,27+,30?,31+/m0/s1. The zero-order valence-corrected chi connectivity index (χ0v) is 21.2. The Morgan fingerprint density at radius 1 is 0.868 bits per heavy atom. The van der Waals surface area contributed by atoms with Crippen molar-refractivity contribution in [2.75, 3.05) is 14.2 Å². The molecule has 38 heavy (non-hydrogen) atoms. The normalized spacial score (nSPS) is 21.5.